The lowest BCUT2D eigenvalue weighted by atomic mass is 10.0. The highest BCUT2D eigenvalue weighted by Crippen LogP contribution is 2.27. The zero-order valence-corrected chi connectivity index (χ0v) is 25.3. The van der Waals surface area contributed by atoms with Crippen molar-refractivity contribution in [2.75, 3.05) is 19.7 Å². The summed E-state index contributed by atoms with van der Waals surface area (Å²) in [7, 11) is -3.43. The van der Waals surface area contributed by atoms with Crippen LogP contribution in [0.5, 0.6) is 0 Å². The molecule has 0 unspecified atom stereocenters. The summed E-state index contributed by atoms with van der Waals surface area (Å²) >= 11 is 0. The van der Waals surface area contributed by atoms with Crippen LogP contribution in [0.25, 0.3) is 0 Å². The monoisotopic (exact) mass is 572 g/mol. The Labute approximate surface area is 239 Å². The molecule has 2 N–H and O–H groups in total. The normalized spacial score (nSPS) is 14.0. The molecule has 0 aliphatic carbocycles. The van der Waals surface area contributed by atoms with Gasteiger partial charge in [-0.2, -0.15) is 4.31 Å². The number of aldehydes is 1. The Bertz CT molecular complexity index is 1310. The van der Waals surface area contributed by atoms with Crippen molar-refractivity contribution in [3.63, 3.8) is 0 Å². The number of carboxylic acids is 1. The van der Waals surface area contributed by atoms with Gasteiger partial charge in [-0.15, -0.1) is 0 Å². The summed E-state index contributed by atoms with van der Waals surface area (Å²) in [5.74, 6) is -0.926. The first-order chi connectivity index (χ1) is 18.9. The second-order valence-corrected chi connectivity index (χ2v) is 12.4. The Hall–Kier alpha value is -3.01. The van der Waals surface area contributed by atoms with Crippen molar-refractivity contribution in [3.05, 3.63) is 75.6 Å². The van der Waals surface area contributed by atoms with Crippen molar-refractivity contribution in [2.45, 2.75) is 84.6 Å². The van der Waals surface area contributed by atoms with E-state index in [2.05, 4.69) is 19.9 Å². The number of rotatable bonds is 12. The number of hydrogen-bond acceptors (Lipinski definition) is 5. The van der Waals surface area contributed by atoms with Gasteiger partial charge in [-0.05, 0) is 102 Å². The molecule has 220 valence electrons. The number of benzene rings is 1. The molecule has 9 heteroatoms. The Morgan fingerprint density at radius 1 is 1.05 bits per heavy atom. The number of carbonyl (C=O) groups is 2. The standard InChI is InChI=1S/C21H28N2O5S.C10H16O/c1-15-19(16(2)23(14-21(25)26)20(15)9-12-24)13-17-5-7-18(8-6-17)29(27,28)22-10-3-4-11-22;1-9(2)5-4-6-10(3)7-8-11/h5-8,24H,3-4,9-14H2,1-2H3,(H,25,26);5,7-8H,4,6H2,1-3H3/b;10-7-. The van der Waals surface area contributed by atoms with E-state index in [0.717, 1.165) is 65.6 Å². The fourth-order valence-electron chi connectivity index (χ4n) is 4.90. The molecule has 1 aromatic carbocycles. The number of nitrogens with zero attached hydrogens (tertiary/aromatic N) is 2. The first-order valence-electron chi connectivity index (χ1n) is 13.8. The van der Waals surface area contributed by atoms with E-state index in [1.807, 2.05) is 32.9 Å². The van der Waals surface area contributed by atoms with Crippen LogP contribution in [0.1, 0.15) is 74.5 Å². The minimum Gasteiger partial charge on any atom is -0.480 e. The minimum atomic E-state index is -3.43. The number of sulfonamides is 1. The zero-order chi connectivity index (χ0) is 29.9. The van der Waals surface area contributed by atoms with Gasteiger partial charge in [0, 0.05) is 37.5 Å². The highest BCUT2D eigenvalue weighted by atomic mass is 32.2. The first kappa shape index (κ1) is 33.2. The smallest absolute Gasteiger partial charge is 0.323 e. The lowest BCUT2D eigenvalue weighted by Gasteiger charge is -2.15. The summed E-state index contributed by atoms with van der Waals surface area (Å²) in [6.45, 7) is 10.9. The van der Waals surface area contributed by atoms with E-state index in [9.17, 15) is 28.2 Å². The summed E-state index contributed by atoms with van der Waals surface area (Å²) in [4.78, 5) is 21.6. The van der Waals surface area contributed by atoms with Crippen LogP contribution in [0.15, 0.2) is 52.5 Å². The highest BCUT2D eigenvalue weighted by molar-refractivity contribution is 7.89. The maximum atomic E-state index is 12.7. The van der Waals surface area contributed by atoms with Gasteiger partial charge in [0.15, 0.2) is 0 Å². The third-order valence-electron chi connectivity index (χ3n) is 7.15. The van der Waals surface area contributed by atoms with E-state index in [0.29, 0.717) is 30.8 Å². The van der Waals surface area contributed by atoms with Gasteiger partial charge in [-0.25, -0.2) is 8.42 Å². The summed E-state index contributed by atoms with van der Waals surface area (Å²) in [5, 5.41) is 18.6. The van der Waals surface area contributed by atoms with Crippen LogP contribution in [-0.4, -0.2) is 59.5 Å². The number of aliphatic hydroxyl groups excluding tert-OH is 1. The molecular formula is C31H44N2O6S. The quantitative estimate of drug-likeness (QED) is 0.211. The van der Waals surface area contributed by atoms with Crippen molar-refractivity contribution in [1.29, 1.82) is 0 Å². The van der Waals surface area contributed by atoms with Crippen LogP contribution in [0.2, 0.25) is 0 Å². The molecule has 1 aliphatic heterocycles. The van der Waals surface area contributed by atoms with Gasteiger partial charge in [0.05, 0.1) is 4.90 Å². The van der Waals surface area contributed by atoms with Crippen molar-refractivity contribution in [1.82, 2.24) is 8.87 Å². The Balaban J connectivity index is 0.000000432. The van der Waals surface area contributed by atoms with Crippen LogP contribution < -0.4 is 0 Å². The average Bonchev–Trinajstić information content (AvgIpc) is 3.51. The molecule has 0 saturated carbocycles. The number of aliphatic carboxylic acids is 1. The second-order valence-electron chi connectivity index (χ2n) is 10.5. The predicted molar refractivity (Wildman–Crippen MR) is 158 cm³/mol. The third kappa shape index (κ3) is 9.28. The third-order valence-corrected chi connectivity index (χ3v) is 9.06. The van der Waals surface area contributed by atoms with E-state index in [-0.39, 0.29) is 13.2 Å². The second kappa shape index (κ2) is 15.7. The first-order valence-corrected chi connectivity index (χ1v) is 15.2. The molecule has 0 atom stereocenters. The van der Waals surface area contributed by atoms with E-state index in [1.165, 1.54) is 9.88 Å². The maximum absolute atomic E-state index is 12.7. The molecule has 1 aromatic heterocycles. The van der Waals surface area contributed by atoms with Crippen molar-refractivity contribution in [3.8, 4) is 0 Å². The van der Waals surface area contributed by atoms with Crippen molar-refractivity contribution < 1.29 is 28.2 Å². The van der Waals surface area contributed by atoms with Crippen LogP contribution in [0, 0.1) is 13.8 Å². The predicted octanol–water partition coefficient (Wildman–Crippen LogP) is 4.98. The fraction of sp³-hybridized carbons (Fsp3) is 0.484. The van der Waals surface area contributed by atoms with E-state index in [1.54, 1.807) is 22.8 Å². The van der Waals surface area contributed by atoms with E-state index < -0.39 is 16.0 Å². The Morgan fingerprint density at radius 3 is 2.20 bits per heavy atom. The highest BCUT2D eigenvalue weighted by Gasteiger charge is 2.27. The lowest BCUT2D eigenvalue weighted by Crippen LogP contribution is -2.27. The SMILES string of the molecule is CC(C)=CCC/C(C)=C\C=O.Cc1c(Cc2ccc(S(=O)(=O)N3CCCC3)cc2)c(C)n(CC(=O)O)c1CCO. The summed E-state index contributed by atoms with van der Waals surface area (Å²) in [5.41, 5.74) is 7.13. The molecule has 0 radical (unpaired) electrons. The zero-order valence-electron chi connectivity index (χ0n) is 24.4. The van der Waals surface area contributed by atoms with Gasteiger partial charge in [-0.1, -0.05) is 29.4 Å². The van der Waals surface area contributed by atoms with Gasteiger partial charge < -0.3 is 14.8 Å². The molecule has 0 spiro atoms. The molecule has 1 saturated heterocycles. The summed E-state index contributed by atoms with van der Waals surface area (Å²) in [6, 6.07) is 6.94. The fourth-order valence-corrected chi connectivity index (χ4v) is 6.42. The number of aromatic nitrogens is 1. The van der Waals surface area contributed by atoms with Gasteiger partial charge in [0.25, 0.3) is 0 Å². The average molecular weight is 573 g/mol. The maximum Gasteiger partial charge on any atom is 0.323 e. The molecule has 3 rings (SSSR count). The number of carbonyl (C=O) groups excluding carboxylic acids is 1. The molecule has 40 heavy (non-hydrogen) atoms. The lowest BCUT2D eigenvalue weighted by molar-refractivity contribution is -0.137. The Morgan fingerprint density at radius 2 is 1.68 bits per heavy atom. The largest absolute Gasteiger partial charge is 0.480 e. The topological polar surface area (TPSA) is 117 Å². The van der Waals surface area contributed by atoms with Crippen LogP contribution in [0.3, 0.4) is 0 Å². The van der Waals surface area contributed by atoms with Crippen LogP contribution in [-0.2, 0) is 39.0 Å². The van der Waals surface area contributed by atoms with Crippen LogP contribution in [0.4, 0.5) is 0 Å². The number of allylic oxidation sites excluding steroid dienone is 4. The molecule has 1 fully saturated rings. The molecule has 2 heterocycles. The molecule has 0 amide bonds. The van der Waals surface area contributed by atoms with E-state index in [4.69, 9.17) is 0 Å². The minimum absolute atomic E-state index is 0.0492. The summed E-state index contributed by atoms with van der Waals surface area (Å²) < 4.78 is 28.6. The van der Waals surface area contributed by atoms with Crippen molar-refractivity contribution >= 4 is 22.3 Å². The summed E-state index contributed by atoms with van der Waals surface area (Å²) in [6.07, 6.45) is 9.46. The number of hydrogen-bond donors (Lipinski definition) is 2. The Kier molecular flexibility index (Phi) is 13.0. The van der Waals surface area contributed by atoms with Gasteiger partial charge in [-0.3, -0.25) is 9.59 Å². The number of aliphatic hydroxyl groups is 1. The molecule has 8 nitrogen and oxygen atoms in total. The molecule has 1 aliphatic rings. The van der Waals surface area contributed by atoms with Crippen LogP contribution >= 0.6 is 0 Å². The van der Waals surface area contributed by atoms with Gasteiger partial charge in [0.2, 0.25) is 10.0 Å². The van der Waals surface area contributed by atoms with Crippen molar-refractivity contribution in [2.24, 2.45) is 0 Å². The van der Waals surface area contributed by atoms with E-state index >= 15 is 0 Å². The van der Waals surface area contributed by atoms with Gasteiger partial charge in [0.1, 0.15) is 12.8 Å². The number of carboxylic acid groups (broad SMARTS) is 1. The molecule has 0 bridgehead atoms. The molecular weight excluding hydrogens is 528 g/mol. The molecule has 2 aromatic rings. The van der Waals surface area contributed by atoms with Gasteiger partial charge >= 0.3 is 5.97 Å².